The maximum absolute atomic E-state index is 12.8. The number of esters is 3. The molecule has 182 valence electrons. The monoisotopic (exact) mass is 463 g/mol. The molecule has 0 saturated carbocycles. The highest BCUT2D eigenvalue weighted by atomic mass is 16.5. The maximum atomic E-state index is 12.8. The van der Waals surface area contributed by atoms with E-state index in [1.807, 2.05) is 0 Å². The van der Waals surface area contributed by atoms with E-state index in [1.165, 1.54) is 23.1 Å². The van der Waals surface area contributed by atoms with Crippen LogP contribution in [-0.4, -0.2) is 73.3 Å². The third-order valence-corrected chi connectivity index (χ3v) is 3.91. The molecule has 33 heavy (non-hydrogen) atoms. The van der Waals surface area contributed by atoms with E-state index in [0.29, 0.717) is 19.3 Å². The lowest BCUT2D eigenvalue weighted by Crippen LogP contribution is -2.42. The average Bonchev–Trinajstić information content (AvgIpc) is 2.78. The first-order valence-electron chi connectivity index (χ1n) is 10.7. The Morgan fingerprint density at radius 3 is 1.39 bits per heavy atom. The number of rotatable bonds is 15. The zero-order valence-corrected chi connectivity index (χ0v) is 19.5. The SMILES string of the molecule is [C-]#[N+]N(CCCOC(=O)C=CC)C(=O)N(CCCOC(=O)C=CC)CCCOC(=O)C=CC. The van der Waals surface area contributed by atoms with Gasteiger partial charge in [0, 0.05) is 37.7 Å². The Kier molecular flexibility index (Phi) is 17.0. The van der Waals surface area contributed by atoms with E-state index in [0.717, 1.165) is 5.01 Å². The largest absolute Gasteiger partial charge is 0.462 e. The van der Waals surface area contributed by atoms with E-state index >= 15 is 0 Å². The summed E-state index contributed by atoms with van der Waals surface area (Å²) in [5, 5.41) is 0.959. The zero-order valence-electron chi connectivity index (χ0n) is 19.5. The van der Waals surface area contributed by atoms with Crippen molar-refractivity contribution in [3.63, 3.8) is 0 Å². The van der Waals surface area contributed by atoms with Gasteiger partial charge in [0.15, 0.2) is 0 Å². The molecule has 0 aromatic carbocycles. The van der Waals surface area contributed by atoms with Crippen LogP contribution in [0, 0.1) is 6.57 Å². The molecule has 0 aliphatic rings. The Hall–Kier alpha value is -3.61. The highest BCUT2D eigenvalue weighted by Gasteiger charge is 2.25. The number of nitrogens with zero attached hydrogens (tertiary/aromatic N) is 3. The highest BCUT2D eigenvalue weighted by Crippen LogP contribution is 2.06. The van der Waals surface area contributed by atoms with Crippen LogP contribution in [0.2, 0.25) is 0 Å². The Morgan fingerprint density at radius 1 is 0.697 bits per heavy atom. The summed E-state index contributed by atoms with van der Waals surface area (Å²) in [4.78, 5) is 51.7. The minimum absolute atomic E-state index is 0.0737. The minimum Gasteiger partial charge on any atom is -0.462 e. The summed E-state index contributed by atoms with van der Waals surface area (Å²) in [7, 11) is 0. The van der Waals surface area contributed by atoms with Crippen molar-refractivity contribution in [3.8, 4) is 0 Å². The third-order valence-electron chi connectivity index (χ3n) is 3.91. The van der Waals surface area contributed by atoms with Crippen LogP contribution in [0.3, 0.4) is 0 Å². The average molecular weight is 464 g/mol. The third kappa shape index (κ3) is 14.9. The number of amides is 2. The van der Waals surface area contributed by atoms with Crippen LogP contribution in [0.4, 0.5) is 4.79 Å². The first-order valence-corrected chi connectivity index (χ1v) is 10.7. The smallest absolute Gasteiger partial charge is 0.385 e. The van der Waals surface area contributed by atoms with E-state index in [2.05, 4.69) is 4.95 Å². The molecule has 2 amide bonds. The molecule has 0 atom stereocenters. The summed E-state index contributed by atoms with van der Waals surface area (Å²) in [6.45, 7) is 13.3. The van der Waals surface area contributed by atoms with Gasteiger partial charge in [0.05, 0.1) is 19.8 Å². The van der Waals surface area contributed by atoms with Gasteiger partial charge in [-0.3, -0.25) is 0 Å². The van der Waals surface area contributed by atoms with E-state index in [-0.39, 0.29) is 39.5 Å². The fraction of sp³-hybridized carbons (Fsp3) is 0.522. The second kappa shape index (κ2) is 19.1. The fourth-order valence-electron chi connectivity index (χ4n) is 2.45. The Balaban J connectivity index is 4.80. The summed E-state index contributed by atoms with van der Waals surface area (Å²) in [5.41, 5.74) is 0. The number of hydrogen-bond donors (Lipinski definition) is 0. The summed E-state index contributed by atoms with van der Waals surface area (Å²) in [6.07, 6.45) is 9.62. The van der Waals surface area contributed by atoms with E-state index in [4.69, 9.17) is 20.8 Å². The molecule has 0 saturated heterocycles. The lowest BCUT2D eigenvalue weighted by molar-refractivity contribution is -0.138. The first-order chi connectivity index (χ1) is 15.9. The van der Waals surface area contributed by atoms with Gasteiger partial charge >= 0.3 is 23.9 Å². The summed E-state index contributed by atoms with van der Waals surface area (Å²) >= 11 is 0. The molecule has 10 heteroatoms. The van der Waals surface area contributed by atoms with Gasteiger partial charge in [0.1, 0.15) is 6.54 Å². The van der Waals surface area contributed by atoms with Crippen molar-refractivity contribution < 1.29 is 33.4 Å². The second-order valence-electron chi connectivity index (χ2n) is 6.56. The fourth-order valence-corrected chi connectivity index (χ4v) is 2.45. The van der Waals surface area contributed by atoms with Crippen LogP contribution in [-0.2, 0) is 28.6 Å². The van der Waals surface area contributed by atoms with Gasteiger partial charge < -0.3 is 19.1 Å². The van der Waals surface area contributed by atoms with Crippen molar-refractivity contribution in [1.82, 2.24) is 9.91 Å². The van der Waals surface area contributed by atoms with Crippen LogP contribution in [0.5, 0.6) is 0 Å². The van der Waals surface area contributed by atoms with E-state index in [1.54, 1.807) is 39.0 Å². The predicted octanol–water partition coefficient (Wildman–Crippen LogP) is 3.07. The van der Waals surface area contributed by atoms with Gasteiger partial charge in [0.25, 0.3) is 0 Å². The molecule has 0 aromatic rings. The maximum Gasteiger partial charge on any atom is 0.385 e. The second-order valence-corrected chi connectivity index (χ2v) is 6.56. The molecule has 0 bridgehead atoms. The van der Waals surface area contributed by atoms with Crippen molar-refractivity contribution >= 4 is 23.9 Å². The lowest BCUT2D eigenvalue weighted by atomic mass is 10.3. The first kappa shape index (κ1) is 29.4. The van der Waals surface area contributed by atoms with Crippen molar-refractivity contribution in [2.24, 2.45) is 0 Å². The Morgan fingerprint density at radius 2 is 1.06 bits per heavy atom. The molecule has 0 radical (unpaired) electrons. The van der Waals surface area contributed by atoms with Crippen molar-refractivity contribution in [2.75, 3.05) is 39.5 Å². The molecule has 0 fully saturated rings. The highest BCUT2D eigenvalue weighted by molar-refractivity contribution is 5.82. The topological polar surface area (TPSA) is 107 Å². The Bertz CT molecular complexity index is 722. The lowest BCUT2D eigenvalue weighted by Gasteiger charge is -2.23. The van der Waals surface area contributed by atoms with Gasteiger partial charge in [-0.05, 0) is 38.6 Å². The predicted molar refractivity (Wildman–Crippen MR) is 121 cm³/mol. The normalized spacial score (nSPS) is 10.8. The van der Waals surface area contributed by atoms with Crippen LogP contribution in [0.15, 0.2) is 36.5 Å². The summed E-state index contributed by atoms with van der Waals surface area (Å²) < 4.78 is 15.0. The molecular weight excluding hydrogens is 430 g/mol. The van der Waals surface area contributed by atoms with Gasteiger partial charge in [-0.1, -0.05) is 18.2 Å². The molecular formula is C23H33N3O7. The number of carbonyl (C=O) groups is 4. The number of hydrogen-bond acceptors (Lipinski definition) is 7. The molecule has 0 unspecified atom stereocenters. The quantitative estimate of drug-likeness (QED) is 0.0917. The van der Waals surface area contributed by atoms with Crippen LogP contribution in [0.1, 0.15) is 40.0 Å². The molecule has 0 rings (SSSR count). The van der Waals surface area contributed by atoms with Crippen LogP contribution >= 0.6 is 0 Å². The van der Waals surface area contributed by atoms with Gasteiger partial charge in [0.2, 0.25) is 0 Å². The zero-order chi connectivity index (χ0) is 24.9. The van der Waals surface area contributed by atoms with Gasteiger partial charge in [-0.2, -0.15) is 11.5 Å². The van der Waals surface area contributed by atoms with Crippen molar-refractivity contribution in [3.05, 3.63) is 48.0 Å². The van der Waals surface area contributed by atoms with Crippen LogP contribution in [0.25, 0.3) is 4.95 Å². The summed E-state index contributed by atoms with van der Waals surface area (Å²) in [6, 6.07) is -0.524. The minimum atomic E-state index is -0.524. The molecule has 0 spiro atoms. The molecule has 0 aliphatic carbocycles. The molecule has 10 nitrogen and oxygen atoms in total. The number of carbonyl (C=O) groups excluding carboxylic acids is 4. The van der Waals surface area contributed by atoms with E-state index in [9.17, 15) is 19.2 Å². The molecule has 0 aliphatic heterocycles. The van der Waals surface area contributed by atoms with E-state index < -0.39 is 23.9 Å². The number of urea groups is 1. The van der Waals surface area contributed by atoms with Crippen molar-refractivity contribution in [1.29, 1.82) is 0 Å². The van der Waals surface area contributed by atoms with Gasteiger partial charge in [-0.25, -0.2) is 19.2 Å². The number of allylic oxidation sites excluding steroid dienone is 3. The molecule has 0 N–H and O–H groups in total. The summed E-state index contributed by atoms with van der Waals surface area (Å²) in [5.74, 6) is -1.43. The van der Waals surface area contributed by atoms with Crippen LogP contribution < -0.4 is 0 Å². The number of ether oxygens (including phenoxy) is 3. The Labute approximate surface area is 195 Å². The standard InChI is InChI=1S/C23H33N3O7/c1-5-11-20(27)31-17-8-14-25(15-9-18-32-21(28)12-6-2)23(30)26(24-4)16-10-19-33-22(29)13-7-3/h5-7,11-13H,8-10,14-19H2,1-3H3. The molecule has 0 heterocycles. The molecule has 0 aromatic heterocycles. The van der Waals surface area contributed by atoms with Crippen molar-refractivity contribution in [2.45, 2.75) is 40.0 Å². The van der Waals surface area contributed by atoms with Gasteiger partial charge in [-0.15, -0.1) is 0 Å².